The average Bonchev–Trinajstić information content (AvgIpc) is 3.21. The van der Waals surface area contributed by atoms with Crippen LogP contribution < -0.4 is 9.88 Å². The first-order valence-electron chi connectivity index (χ1n) is 8.72. The van der Waals surface area contributed by atoms with Gasteiger partial charge in [-0.05, 0) is 24.3 Å². The number of cyclic esters (lactones) is 1. The van der Waals surface area contributed by atoms with Crippen molar-refractivity contribution < 1.29 is 38.9 Å². The predicted molar refractivity (Wildman–Crippen MR) is 93.2 cm³/mol. The van der Waals surface area contributed by atoms with Gasteiger partial charge in [-0.25, -0.2) is 4.79 Å². The van der Waals surface area contributed by atoms with Crippen molar-refractivity contribution in [1.82, 2.24) is 0 Å². The Balaban J connectivity index is 1.52. The minimum Gasteiger partial charge on any atom is -0.457 e. The quantitative estimate of drug-likeness (QED) is 0.411. The van der Waals surface area contributed by atoms with Gasteiger partial charge in [0.1, 0.15) is 24.4 Å². The van der Waals surface area contributed by atoms with E-state index in [9.17, 15) is 24.9 Å². The van der Waals surface area contributed by atoms with E-state index in [0.29, 0.717) is 22.4 Å². The molecule has 4 atom stereocenters. The van der Waals surface area contributed by atoms with Crippen LogP contribution in [-0.2, 0) is 16.1 Å². The van der Waals surface area contributed by atoms with Crippen LogP contribution in [0.2, 0.25) is 0 Å². The molecule has 9 heteroatoms. The summed E-state index contributed by atoms with van der Waals surface area (Å²) in [4.78, 5) is 24.1. The summed E-state index contributed by atoms with van der Waals surface area (Å²) >= 11 is 0. The molecule has 3 heterocycles. The predicted octanol–water partition coefficient (Wildman–Crippen LogP) is -0.492. The number of esters is 1. The molecule has 2 aromatic rings. The molecule has 9 nitrogen and oxygen atoms in total. The number of aromatic nitrogens is 1. The number of aliphatic hydroxyl groups excluding tert-OH is 3. The van der Waals surface area contributed by atoms with Crippen LogP contribution in [-0.4, -0.2) is 52.1 Å². The number of anilines is 1. The third-order valence-corrected chi connectivity index (χ3v) is 4.84. The first-order valence-corrected chi connectivity index (χ1v) is 8.72. The minimum absolute atomic E-state index is 0.175. The molecule has 2 aliphatic heterocycles. The minimum atomic E-state index is -1.24. The van der Waals surface area contributed by atoms with Crippen LogP contribution in [0, 0.1) is 0 Å². The smallest absolute Gasteiger partial charge is 0.338 e. The Kier molecular flexibility index (Phi) is 4.82. The Hall–Kier alpha value is -2.85. The van der Waals surface area contributed by atoms with Crippen molar-refractivity contribution in [1.29, 1.82) is 0 Å². The summed E-state index contributed by atoms with van der Waals surface area (Å²) in [6.45, 7) is -0.255. The van der Waals surface area contributed by atoms with Crippen LogP contribution in [0.25, 0.3) is 0 Å². The Labute approximate surface area is 159 Å². The molecule has 0 unspecified atom stereocenters. The number of rotatable bonds is 4. The highest BCUT2D eigenvalue weighted by Gasteiger charge is 2.48. The van der Waals surface area contributed by atoms with Gasteiger partial charge in [0, 0.05) is 17.3 Å². The molecule has 4 rings (SSSR count). The summed E-state index contributed by atoms with van der Waals surface area (Å²) in [5.41, 5.74) is 2.01. The first-order chi connectivity index (χ1) is 13.5. The van der Waals surface area contributed by atoms with Gasteiger partial charge in [-0.1, -0.05) is 0 Å². The summed E-state index contributed by atoms with van der Waals surface area (Å²) in [7, 11) is 0. The van der Waals surface area contributed by atoms with Crippen LogP contribution >= 0.6 is 0 Å². The van der Waals surface area contributed by atoms with Crippen LogP contribution in [0.1, 0.15) is 32.5 Å². The number of fused-ring (bicyclic) bond motifs is 1. The van der Waals surface area contributed by atoms with Crippen molar-refractivity contribution in [3.05, 3.63) is 59.4 Å². The second-order valence-electron chi connectivity index (χ2n) is 6.67. The first kappa shape index (κ1) is 18.5. The highest BCUT2D eigenvalue weighted by Crippen LogP contribution is 2.26. The van der Waals surface area contributed by atoms with E-state index >= 15 is 0 Å². The molecule has 0 bridgehead atoms. The van der Waals surface area contributed by atoms with Crippen LogP contribution in [0.4, 0.5) is 5.69 Å². The SMILES string of the molecule is O=C(Nc1ccc2c(c1)COC2=O)c1ccc[n+]([C@@H]2O[C@H](CO)[C@@H](O)[C@H]2O)c1. The Morgan fingerprint density at radius 3 is 2.82 bits per heavy atom. The molecule has 0 aliphatic carbocycles. The lowest BCUT2D eigenvalue weighted by molar-refractivity contribution is -0.765. The number of carbonyl (C=O) groups excluding carboxylic acids is 2. The van der Waals surface area contributed by atoms with Crippen molar-refractivity contribution in [2.75, 3.05) is 11.9 Å². The molecule has 28 heavy (non-hydrogen) atoms. The highest BCUT2D eigenvalue weighted by molar-refractivity contribution is 6.04. The van der Waals surface area contributed by atoms with Crippen molar-refractivity contribution in [3.63, 3.8) is 0 Å². The van der Waals surface area contributed by atoms with E-state index in [1.807, 2.05) is 0 Å². The van der Waals surface area contributed by atoms with E-state index in [1.165, 1.54) is 10.8 Å². The fourth-order valence-corrected chi connectivity index (χ4v) is 3.33. The number of benzene rings is 1. The van der Waals surface area contributed by atoms with Crippen LogP contribution in [0.5, 0.6) is 0 Å². The molecule has 1 saturated heterocycles. The van der Waals surface area contributed by atoms with Crippen molar-refractivity contribution in [2.45, 2.75) is 31.1 Å². The number of amides is 1. The number of hydrogen-bond acceptors (Lipinski definition) is 7. The normalized spacial score (nSPS) is 26.0. The van der Waals surface area contributed by atoms with E-state index < -0.39 is 37.1 Å². The zero-order valence-electron chi connectivity index (χ0n) is 14.7. The second kappa shape index (κ2) is 7.28. The van der Waals surface area contributed by atoms with Crippen molar-refractivity contribution in [3.8, 4) is 0 Å². The number of aliphatic hydroxyl groups is 3. The lowest BCUT2D eigenvalue weighted by Gasteiger charge is -2.11. The standard InChI is InChI=1S/C19H18N2O7/c22-8-14-15(23)16(24)18(28-14)21-5-1-2-10(7-21)17(25)20-12-3-4-13-11(6-12)9-27-19(13)26/h1-7,14-16,18,22-24H,8-9H2/p+1/t14-,15-,16-,18-/m1/s1. The van der Waals surface area contributed by atoms with Crippen LogP contribution in [0.3, 0.4) is 0 Å². The molecule has 0 spiro atoms. The molecule has 1 aromatic carbocycles. The maximum Gasteiger partial charge on any atom is 0.338 e. The van der Waals surface area contributed by atoms with Gasteiger partial charge in [0.05, 0.1) is 12.2 Å². The lowest BCUT2D eigenvalue weighted by Crippen LogP contribution is -2.46. The summed E-state index contributed by atoms with van der Waals surface area (Å²) < 4.78 is 11.9. The Morgan fingerprint density at radius 1 is 1.25 bits per heavy atom. The number of hydrogen-bond donors (Lipinski definition) is 4. The Morgan fingerprint density at radius 2 is 2.07 bits per heavy atom. The number of nitrogens with zero attached hydrogens (tertiary/aromatic N) is 1. The second-order valence-corrected chi connectivity index (χ2v) is 6.67. The molecular weight excluding hydrogens is 368 g/mol. The average molecular weight is 387 g/mol. The summed E-state index contributed by atoms with van der Waals surface area (Å²) in [5.74, 6) is -0.776. The summed E-state index contributed by atoms with van der Waals surface area (Å²) in [6.07, 6.45) is -1.22. The largest absolute Gasteiger partial charge is 0.457 e. The maximum absolute atomic E-state index is 12.6. The van der Waals surface area contributed by atoms with Crippen molar-refractivity contribution >= 4 is 17.6 Å². The highest BCUT2D eigenvalue weighted by atomic mass is 16.6. The molecule has 1 aromatic heterocycles. The Bertz CT molecular complexity index is 932. The van der Waals surface area contributed by atoms with Gasteiger partial charge < -0.3 is 30.1 Å². The molecule has 1 amide bonds. The third kappa shape index (κ3) is 3.25. The molecular formula is C19H19N2O7+. The molecule has 1 fully saturated rings. The topological polar surface area (TPSA) is 129 Å². The van der Waals surface area contributed by atoms with E-state index in [1.54, 1.807) is 36.5 Å². The molecule has 0 saturated carbocycles. The fraction of sp³-hybridized carbons (Fsp3) is 0.316. The summed E-state index contributed by atoms with van der Waals surface area (Å²) in [5, 5.41) is 32.0. The molecule has 2 aliphatic rings. The number of carbonyl (C=O) groups is 2. The zero-order chi connectivity index (χ0) is 19.8. The molecule has 0 radical (unpaired) electrons. The third-order valence-electron chi connectivity index (χ3n) is 4.84. The van der Waals surface area contributed by atoms with Gasteiger partial charge in [0.25, 0.3) is 12.1 Å². The van der Waals surface area contributed by atoms with Gasteiger partial charge in [-0.3, -0.25) is 4.79 Å². The number of ether oxygens (including phenoxy) is 2. The van der Waals surface area contributed by atoms with Crippen LogP contribution in [0.15, 0.2) is 42.7 Å². The van der Waals surface area contributed by atoms with Gasteiger partial charge in [0.2, 0.25) is 0 Å². The van der Waals surface area contributed by atoms with Gasteiger partial charge in [0.15, 0.2) is 18.5 Å². The lowest BCUT2D eigenvalue weighted by atomic mass is 10.1. The van der Waals surface area contributed by atoms with E-state index in [0.717, 1.165) is 0 Å². The van der Waals surface area contributed by atoms with E-state index in [2.05, 4.69) is 5.32 Å². The van der Waals surface area contributed by atoms with Gasteiger partial charge >= 0.3 is 5.97 Å². The monoisotopic (exact) mass is 387 g/mol. The number of nitrogens with one attached hydrogen (secondary N) is 1. The van der Waals surface area contributed by atoms with Crippen molar-refractivity contribution in [2.24, 2.45) is 0 Å². The van der Waals surface area contributed by atoms with Gasteiger partial charge in [-0.15, -0.1) is 0 Å². The fourth-order valence-electron chi connectivity index (χ4n) is 3.33. The zero-order valence-corrected chi connectivity index (χ0v) is 14.7. The van der Waals surface area contributed by atoms with Gasteiger partial charge in [-0.2, -0.15) is 4.57 Å². The maximum atomic E-state index is 12.6. The summed E-state index contributed by atoms with van der Waals surface area (Å²) in [6, 6.07) is 8.10. The molecule has 146 valence electrons. The molecule has 4 N–H and O–H groups in total. The van der Waals surface area contributed by atoms with E-state index in [-0.39, 0.29) is 12.6 Å². The van der Waals surface area contributed by atoms with E-state index in [4.69, 9.17) is 9.47 Å². The number of pyridine rings is 1.